The molecule has 0 spiro atoms. The molecule has 1 fully saturated rings. The van der Waals surface area contributed by atoms with E-state index >= 15 is 0 Å². The topological polar surface area (TPSA) is 55.1 Å². The monoisotopic (exact) mass is 348 g/mol. The molecule has 0 saturated heterocycles. The van der Waals surface area contributed by atoms with Gasteiger partial charge >= 0.3 is 0 Å². The predicted molar refractivity (Wildman–Crippen MR) is 77.6 cm³/mol. The number of carbonyl (C=O) groups excluding carboxylic acids is 1. The van der Waals surface area contributed by atoms with E-state index in [1.165, 1.54) is 12.1 Å². The standard InChI is InChI=1S/C13H15BrClFN2O/c14-10-4-8(16)5-11(15)12(10)18-13(19)9-3-1-2-7(9)6-17/h4-5,7,9H,1-3,6,17H2,(H,18,19). The van der Waals surface area contributed by atoms with Crippen molar-refractivity contribution < 1.29 is 9.18 Å². The molecule has 0 aliphatic heterocycles. The van der Waals surface area contributed by atoms with Gasteiger partial charge in [0, 0.05) is 10.4 Å². The fraction of sp³-hybridized carbons (Fsp3) is 0.462. The first-order chi connectivity index (χ1) is 9.02. The molecular formula is C13H15BrClFN2O. The summed E-state index contributed by atoms with van der Waals surface area (Å²) in [5.74, 6) is -0.409. The Kier molecular flexibility index (Phi) is 4.81. The van der Waals surface area contributed by atoms with E-state index in [-0.39, 0.29) is 22.8 Å². The highest BCUT2D eigenvalue weighted by molar-refractivity contribution is 9.10. The van der Waals surface area contributed by atoms with Crippen LogP contribution in [0, 0.1) is 17.7 Å². The van der Waals surface area contributed by atoms with Crippen molar-refractivity contribution in [3.8, 4) is 0 Å². The smallest absolute Gasteiger partial charge is 0.227 e. The minimum Gasteiger partial charge on any atom is -0.330 e. The second-order valence-electron chi connectivity index (χ2n) is 4.77. The van der Waals surface area contributed by atoms with Crippen LogP contribution in [-0.4, -0.2) is 12.5 Å². The van der Waals surface area contributed by atoms with Gasteiger partial charge in [-0.3, -0.25) is 4.79 Å². The summed E-state index contributed by atoms with van der Waals surface area (Å²) >= 11 is 9.15. The van der Waals surface area contributed by atoms with Gasteiger partial charge in [0.25, 0.3) is 0 Å². The highest BCUT2D eigenvalue weighted by atomic mass is 79.9. The summed E-state index contributed by atoms with van der Waals surface area (Å²) in [7, 11) is 0. The van der Waals surface area contributed by atoms with Crippen LogP contribution in [0.4, 0.5) is 10.1 Å². The molecule has 104 valence electrons. The summed E-state index contributed by atoms with van der Waals surface area (Å²) in [5, 5.41) is 2.95. The van der Waals surface area contributed by atoms with Crippen molar-refractivity contribution in [2.24, 2.45) is 17.6 Å². The van der Waals surface area contributed by atoms with Gasteiger partial charge in [0.1, 0.15) is 5.82 Å². The summed E-state index contributed by atoms with van der Waals surface area (Å²) in [6.45, 7) is 0.510. The first-order valence-corrected chi connectivity index (χ1v) is 7.35. The van der Waals surface area contributed by atoms with Crippen LogP contribution in [0.25, 0.3) is 0 Å². The molecule has 3 N–H and O–H groups in total. The lowest BCUT2D eigenvalue weighted by molar-refractivity contribution is -0.120. The number of benzene rings is 1. The molecule has 2 rings (SSSR count). The lowest BCUT2D eigenvalue weighted by Crippen LogP contribution is -2.30. The molecule has 1 aliphatic rings. The molecule has 0 radical (unpaired) electrons. The Balaban J connectivity index is 2.15. The normalized spacial score (nSPS) is 22.5. The first-order valence-electron chi connectivity index (χ1n) is 6.18. The van der Waals surface area contributed by atoms with Gasteiger partial charge in [0.2, 0.25) is 5.91 Å². The highest BCUT2D eigenvalue weighted by Gasteiger charge is 2.32. The van der Waals surface area contributed by atoms with Crippen molar-refractivity contribution in [3.63, 3.8) is 0 Å². The molecule has 1 aromatic rings. The van der Waals surface area contributed by atoms with Gasteiger partial charge in [-0.05, 0) is 53.4 Å². The summed E-state index contributed by atoms with van der Waals surface area (Å²) in [4.78, 5) is 12.2. The Morgan fingerprint density at radius 2 is 2.26 bits per heavy atom. The zero-order valence-electron chi connectivity index (χ0n) is 10.3. The number of nitrogens with two attached hydrogens (primary N) is 1. The maximum absolute atomic E-state index is 13.1. The van der Waals surface area contributed by atoms with E-state index in [0.29, 0.717) is 16.7 Å². The zero-order valence-corrected chi connectivity index (χ0v) is 12.6. The van der Waals surface area contributed by atoms with E-state index in [4.69, 9.17) is 17.3 Å². The molecule has 1 saturated carbocycles. The summed E-state index contributed by atoms with van der Waals surface area (Å²) < 4.78 is 13.6. The fourth-order valence-corrected chi connectivity index (χ4v) is 3.44. The fourth-order valence-electron chi connectivity index (χ4n) is 2.54. The van der Waals surface area contributed by atoms with Gasteiger partial charge < -0.3 is 11.1 Å². The molecule has 19 heavy (non-hydrogen) atoms. The Labute approximate surface area is 124 Å². The second-order valence-corrected chi connectivity index (χ2v) is 6.03. The molecule has 2 atom stereocenters. The molecule has 2 unspecified atom stereocenters. The van der Waals surface area contributed by atoms with Crippen LogP contribution >= 0.6 is 27.5 Å². The lowest BCUT2D eigenvalue weighted by Gasteiger charge is -2.18. The van der Waals surface area contributed by atoms with Crippen molar-refractivity contribution in [3.05, 3.63) is 27.4 Å². The third-order valence-electron chi connectivity index (χ3n) is 3.55. The Morgan fingerprint density at radius 1 is 1.53 bits per heavy atom. The van der Waals surface area contributed by atoms with E-state index in [9.17, 15) is 9.18 Å². The van der Waals surface area contributed by atoms with Gasteiger partial charge in [-0.2, -0.15) is 0 Å². The quantitative estimate of drug-likeness (QED) is 0.876. The molecular weight excluding hydrogens is 335 g/mol. The van der Waals surface area contributed by atoms with Gasteiger partial charge in [-0.1, -0.05) is 18.0 Å². The van der Waals surface area contributed by atoms with Gasteiger partial charge in [-0.15, -0.1) is 0 Å². The summed E-state index contributed by atoms with van der Waals surface area (Å²) in [5.41, 5.74) is 6.08. The number of hydrogen-bond donors (Lipinski definition) is 2. The van der Waals surface area contributed by atoms with Crippen molar-refractivity contribution >= 4 is 39.1 Å². The van der Waals surface area contributed by atoms with Crippen LogP contribution in [-0.2, 0) is 4.79 Å². The Morgan fingerprint density at radius 3 is 2.89 bits per heavy atom. The molecule has 0 bridgehead atoms. The summed E-state index contributed by atoms with van der Waals surface area (Å²) in [6, 6.07) is 2.45. The number of carbonyl (C=O) groups is 1. The number of amides is 1. The van der Waals surface area contributed by atoms with Crippen molar-refractivity contribution in [1.29, 1.82) is 0 Å². The molecule has 1 aliphatic carbocycles. The average molecular weight is 350 g/mol. The maximum atomic E-state index is 13.1. The van der Waals surface area contributed by atoms with Crippen LogP contribution < -0.4 is 11.1 Å². The number of anilines is 1. The number of nitrogens with one attached hydrogen (secondary N) is 1. The van der Waals surface area contributed by atoms with Crippen LogP contribution in [0.15, 0.2) is 16.6 Å². The number of halogens is 3. The largest absolute Gasteiger partial charge is 0.330 e. The molecule has 3 nitrogen and oxygen atoms in total. The van der Waals surface area contributed by atoms with Crippen LogP contribution in [0.1, 0.15) is 19.3 Å². The molecule has 1 amide bonds. The van der Waals surface area contributed by atoms with E-state index in [1.54, 1.807) is 0 Å². The Hall–Kier alpha value is -0.650. The molecule has 1 aromatic carbocycles. The predicted octanol–water partition coefficient (Wildman–Crippen LogP) is 3.56. The van der Waals surface area contributed by atoms with Crippen molar-refractivity contribution in [1.82, 2.24) is 0 Å². The lowest BCUT2D eigenvalue weighted by atomic mass is 9.95. The third-order valence-corrected chi connectivity index (χ3v) is 4.48. The maximum Gasteiger partial charge on any atom is 0.227 e. The van der Waals surface area contributed by atoms with E-state index in [0.717, 1.165) is 19.3 Å². The van der Waals surface area contributed by atoms with Crippen LogP contribution in [0.5, 0.6) is 0 Å². The number of rotatable bonds is 3. The highest BCUT2D eigenvalue weighted by Crippen LogP contribution is 2.35. The summed E-state index contributed by atoms with van der Waals surface area (Å²) in [6.07, 6.45) is 2.83. The SMILES string of the molecule is NCC1CCCC1C(=O)Nc1c(Cl)cc(F)cc1Br. The zero-order chi connectivity index (χ0) is 14.0. The van der Waals surface area contributed by atoms with Gasteiger partial charge in [0.05, 0.1) is 10.7 Å². The van der Waals surface area contributed by atoms with E-state index in [1.807, 2.05) is 0 Å². The molecule has 0 heterocycles. The molecule has 6 heteroatoms. The third kappa shape index (κ3) is 3.27. The minimum absolute atomic E-state index is 0.0852. The van der Waals surface area contributed by atoms with Gasteiger partial charge in [-0.25, -0.2) is 4.39 Å². The van der Waals surface area contributed by atoms with Crippen LogP contribution in [0.2, 0.25) is 5.02 Å². The van der Waals surface area contributed by atoms with E-state index in [2.05, 4.69) is 21.2 Å². The number of hydrogen-bond acceptors (Lipinski definition) is 2. The van der Waals surface area contributed by atoms with Crippen molar-refractivity contribution in [2.75, 3.05) is 11.9 Å². The van der Waals surface area contributed by atoms with Crippen molar-refractivity contribution in [2.45, 2.75) is 19.3 Å². The molecule has 0 aromatic heterocycles. The van der Waals surface area contributed by atoms with E-state index < -0.39 is 5.82 Å². The van der Waals surface area contributed by atoms with Crippen LogP contribution in [0.3, 0.4) is 0 Å². The first kappa shape index (κ1) is 14.8. The minimum atomic E-state index is -0.449. The average Bonchev–Trinajstić information content (AvgIpc) is 2.81. The Bertz CT molecular complexity index is 475. The van der Waals surface area contributed by atoms with Gasteiger partial charge in [0.15, 0.2) is 0 Å². The second kappa shape index (κ2) is 6.20.